The van der Waals surface area contributed by atoms with Crippen LogP contribution in [0.3, 0.4) is 0 Å². The summed E-state index contributed by atoms with van der Waals surface area (Å²) in [5.41, 5.74) is 1.05. The van der Waals surface area contributed by atoms with Gasteiger partial charge in [0.2, 0.25) is 0 Å². The highest BCUT2D eigenvalue weighted by molar-refractivity contribution is 6.30. The molecule has 3 unspecified atom stereocenters. The highest BCUT2D eigenvalue weighted by Crippen LogP contribution is 2.23. The first kappa shape index (κ1) is 24.3. The summed E-state index contributed by atoms with van der Waals surface area (Å²) in [4.78, 5) is 24.6. The van der Waals surface area contributed by atoms with Crippen molar-refractivity contribution in [3.8, 4) is 0 Å². The van der Waals surface area contributed by atoms with Crippen molar-refractivity contribution in [1.82, 2.24) is 30.8 Å². The number of nitrogens with one attached hydrogen (secondary N) is 2. The second kappa shape index (κ2) is 11.0. The van der Waals surface area contributed by atoms with Crippen molar-refractivity contribution in [2.24, 2.45) is 0 Å². The molecule has 2 aromatic carbocycles. The van der Waals surface area contributed by atoms with Crippen LogP contribution < -0.4 is 10.6 Å². The maximum absolute atomic E-state index is 12.4. The van der Waals surface area contributed by atoms with Crippen molar-refractivity contribution < 1.29 is 14.3 Å². The van der Waals surface area contributed by atoms with Crippen molar-refractivity contribution in [2.75, 3.05) is 0 Å². The summed E-state index contributed by atoms with van der Waals surface area (Å²) >= 11 is 6.16. The van der Waals surface area contributed by atoms with Crippen LogP contribution in [0.5, 0.6) is 0 Å². The monoisotopic (exact) mass is 470 g/mol. The van der Waals surface area contributed by atoms with Crippen molar-refractivity contribution in [2.45, 2.75) is 51.0 Å². The molecule has 1 heterocycles. The lowest BCUT2D eigenvalue weighted by Gasteiger charge is -2.30. The average Bonchev–Trinajstić information content (AvgIpc) is 3.29. The molecule has 3 rings (SSSR count). The van der Waals surface area contributed by atoms with Crippen LogP contribution in [0, 0.1) is 0 Å². The molecular weight excluding hydrogens is 444 g/mol. The van der Waals surface area contributed by atoms with Gasteiger partial charge in [-0.05, 0) is 54.5 Å². The lowest BCUT2D eigenvalue weighted by atomic mass is 9.99. The Morgan fingerprint density at radius 1 is 1.18 bits per heavy atom. The molecule has 1 amide bonds. The van der Waals surface area contributed by atoms with Crippen molar-refractivity contribution in [1.29, 1.82) is 0 Å². The van der Waals surface area contributed by atoms with Crippen LogP contribution in [0.1, 0.15) is 44.1 Å². The third kappa shape index (κ3) is 7.37. The van der Waals surface area contributed by atoms with Gasteiger partial charge in [0, 0.05) is 11.4 Å². The van der Waals surface area contributed by atoms with Gasteiger partial charge in [-0.3, -0.25) is 5.32 Å². The van der Waals surface area contributed by atoms with E-state index in [1.165, 1.54) is 6.33 Å². The van der Waals surface area contributed by atoms with Crippen LogP contribution in [0.4, 0.5) is 4.79 Å². The van der Waals surface area contributed by atoms with Crippen molar-refractivity contribution in [3.05, 3.63) is 77.1 Å². The molecule has 3 atom stereocenters. The van der Waals surface area contributed by atoms with Gasteiger partial charge in [0.15, 0.2) is 0 Å². The molecule has 3 aromatic rings. The summed E-state index contributed by atoms with van der Waals surface area (Å²) in [6.45, 7) is 5.27. The number of tetrazole rings is 1. The number of carbonyl (C=O) groups excluding carboxylic acids is 2. The van der Waals surface area contributed by atoms with E-state index in [1.807, 2.05) is 48.5 Å². The van der Waals surface area contributed by atoms with Gasteiger partial charge in [-0.25, -0.2) is 9.48 Å². The quantitative estimate of drug-likeness (QED) is 0.460. The highest BCUT2D eigenvalue weighted by atomic mass is 35.5. The number of benzene rings is 2. The minimum Gasteiger partial charge on any atom is -0.444 e. The third-order valence-corrected chi connectivity index (χ3v) is 4.96. The molecule has 0 radical (unpaired) electrons. The number of aromatic nitrogens is 4. The number of rotatable bonds is 9. The molecule has 9 nitrogen and oxygen atoms in total. The second-order valence-corrected chi connectivity index (χ2v) is 8.94. The topological polar surface area (TPSA) is 111 Å². The van der Waals surface area contributed by atoms with E-state index in [1.54, 1.807) is 31.5 Å². The van der Waals surface area contributed by atoms with Crippen LogP contribution >= 0.6 is 11.6 Å². The Labute approximate surface area is 197 Å². The van der Waals surface area contributed by atoms with Crippen LogP contribution in [0.25, 0.3) is 0 Å². The Morgan fingerprint density at radius 2 is 1.94 bits per heavy atom. The van der Waals surface area contributed by atoms with Crippen LogP contribution in [0.2, 0.25) is 5.02 Å². The van der Waals surface area contributed by atoms with E-state index in [4.69, 9.17) is 16.3 Å². The minimum absolute atomic E-state index is 0.438. The second-order valence-electron chi connectivity index (χ2n) is 8.50. The number of hydrogen-bond acceptors (Lipinski definition) is 7. The Hall–Kier alpha value is -3.30. The molecule has 0 aliphatic carbocycles. The predicted octanol–water partition coefficient (Wildman–Crippen LogP) is 3.49. The normalized spacial score (nSPS) is 14.2. The molecule has 33 heavy (non-hydrogen) atoms. The maximum Gasteiger partial charge on any atom is 0.408 e. The SMILES string of the molecule is CC(C)(C)OC(=O)NC(C=O)C(NC(Cc1cccc(Cl)c1)n1cnnn1)c1ccccc1. The number of alkyl carbamates (subject to hydrolysis) is 1. The Bertz CT molecular complexity index is 1040. The fraction of sp³-hybridized carbons (Fsp3) is 0.348. The van der Waals surface area contributed by atoms with Gasteiger partial charge >= 0.3 is 6.09 Å². The Morgan fingerprint density at radius 3 is 2.55 bits per heavy atom. The van der Waals surface area contributed by atoms with Crippen LogP contribution in [-0.4, -0.2) is 44.2 Å². The zero-order valence-electron chi connectivity index (χ0n) is 18.7. The van der Waals surface area contributed by atoms with Crippen LogP contribution in [0.15, 0.2) is 60.9 Å². The van der Waals surface area contributed by atoms with Gasteiger partial charge in [0.1, 0.15) is 30.4 Å². The summed E-state index contributed by atoms with van der Waals surface area (Å²) in [6.07, 6.45) is 1.53. The summed E-state index contributed by atoms with van der Waals surface area (Å²) in [5, 5.41) is 18.2. The van der Waals surface area contributed by atoms with E-state index in [-0.39, 0.29) is 0 Å². The van der Waals surface area contributed by atoms with E-state index >= 15 is 0 Å². The zero-order valence-corrected chi connectivity index (χ0v) is 19.4. The summed E-state index contributed by atoms with van der Waals surface area (Å²) in [7, 11) is 0. The molecule has 10 heteroatoms. The summed E-state index contributed by atoms with van der Waals surface area (Å²) in [6, 6.07) is 15.3. The van der Waals surface area contributed by atoms with Gasteiger partial charge in [-0.2, -0.15) is 0 Å². The smallest absolute Gasteiger partial charge is 0.408 e. The van der Waals surface area contributed by atoms with Gasteiger partial charge in [0.25, 0.3) is 0 Å². The number of hydrogen-bond donors (Lipinski definition) is 2. The first-order valence-corrected chi connectivity index (χ1v) is 10.9. The predicted molar refractivity (Wildman–Crippen MR) is 124 cm³/mol. The lowest BCUT2D eigenvalue weighted by molar-refractivity contribution is -0.110. The number of nitrogens with zero attached hydrogens (tertiary/aromatic N) is 4. The number of halogens is 1. The third-order valence-electron chi connectivity index (χ3n) is 4.72. The molecule has 0 aliphatic rings. The molecule has 0 saturated heterocycles. The number of carbonyl (C=O) groups is 2. The van der Waals surface area contributed by atoms with Gasteiger partial charge in [-0.1, -0.05) is 54.1 Å². The fourth-order valence-corrected chi connectivity index (χ4v) is 3.55. The standard InChI is InChI=1S/C23H27ClN6O3/c1-23(2,3)33-22(32)26-19(14-31)21(17-9-5-4-6-10-17)27-20(30-15-25-28-29-30)13-16-8-7-11-18(24)12-16/h4-12,14-15,19-21,27H,13H2,1-3H3,(H,26,32). The van der Waals surface area contributed by atoms with E-state index in [2.05, 4.69) is 26.2 Å². The van der Waals surface area contributed by atoms with E-state index in [0.29, 0.717) is 17.7 Å². The first-order chi connectivity index (χ1) is 15.7. The molecule has 174 valence electrons. The molecule has 2 N–H and O–H groups in total. The average molecular weight is 471 g/mol. The first-order valence-electron chi connectivity index (χ1n) is 10.5. The Kier molecular flexibility index (Phi) is 8.13. The molecule has 0 bridgehead atoms. The zero-order chi connectivity index (χ0) is 23.8. The van der Waals surface area contributed by atoms with Crippen molar-refractivity contribution in [3.63, 3.8) is 0 Å². The van der Waals surface area contributed by atoms with Crippen molar-refractivity contribution >= 4 is 24.0 Å². The molecule has 0 fully saturated rings. The highest BCUT2D eigenvalue weighted by Gasteiger charge is 2.30. The largest absolute Gasteiger partial charge is 0.444 e. The summed E-state index contributed by atoms with van der Waals surface area (Å²) in [5.74, 6) is 0. The maximum atomic E-state index is 12.4. The molecular formula is C23H27ClN6O3. The molecule has 0 spiro atoms. The van der Waals surface area contributed by atoms with E-state index < -0.39 is 29.9 Å². The summed E-state index contributed by atoms with van der Waals surface area (Å²) < 4.78 is 6.91. The number of ether oxygens (including phenoxy) is 1. The fourth-order valence-electron chi connectivity index (χ4n) is 3.34. The molecule has 0 aliphatic heterocycles. The van der Waals surface area contributed by atoms with Gasteiger partial charge in [-0.15, -0.1) is 5.10 Å². The van der Waals surface area contributed by atoms with E-state index in [0.717, 1.165) is 11.1 Å². The molecule has 1 aromatic heterocycles. The number of amides is 1. The van der Waals surface area contributed by atoms with Gasteiger partial charge < -0.3 is 14.8 Å². The van der Waals surface area contributed by atoms with Crippen LogP contribution in [-0.2, 0) is 16.0 Å². The minimum atomic E-state index is -0.916. The lowest BCUT2D eigenvalue weighted by Crippen LogP contribution is -2.49. The Balaban J connectivity index is 1.91. The van der Waals surface area contributed by atoms with Gasteiger partial charge in [0.05, 0.1) is 6.04 Å². The van der Waals surface area contributed by atoms with E-state index in [9.17, 15) is 9.59 Å². The molecule has 0 saturated carbocycles. The number of aldehydes is 1.